The van der Waals surface area contributed by atoms with Gasteiger partial charge in [-0.15, -0.1) is 11.3 Å². The quantitative estimate of drug-likeness (QED) is 0.901. The highest BCUT2D eigenvalue weighted by Gasteiger charge is 2.18. The van der Waals surface area contributed by atoms with E-state index in [1.165, 1.54) is 11.1 Å². The highest BCUT2D eigenvalue weighted by Crippen LogP contribution is 2.35. The summed E-state index contributed by atoms with van der Waals surface area (Å²) >= 11 is 5.23. The Morgan fingerprint density at radius 2 is 2.00 bits per heavy atom. The number of hydrogen-bond donors (Lipinski definition) is 1. The van der Waals surface area contributed by atoms with E-state index in [0.717, 1.165) is 21.8 Å². The van der Waals surface area contributed by atoms with Crippen LogP contribution in [0.5, 0.6) is 11.5 Å². The lowest BCUT2D eigenvalue weighted by Gasteiger charge is -2.22. The van der Waals surface area contributed by atoms with Gasteiger partial charge in [0.1, 0.15) is 13.2 Å². The van der Waals surface area contributed by atoms with Crippen molar-refractivity contribution in [2.75, 3.05) is 19.8 Å². The van der Waals surface area contributed by atoms with Crippen LogP contribution in [-0.4, -0.2) is 19.8 Å². The first kappa shape index (κ1) is 13.9. The molecule has 1 N–H and O–H groups in total. The number of thiophene rings is 1. The van der Waals surface area contributed by atoms with Crippen LogP contribution in [0.3, 0.4) is 0 Å². The molecule has 3 nitrogen and oxygen atoms in total. The number of benzene rings is 1. The average Bonchev–Trinajstić information content (AvgIpc) is 2.90. The molecule has 1 aliphatic rings. The lowest BCUT2D eigenvalue weighted by molar-refractivity contribution is 0.171. The molecule has 0 bridgehead atoms. The fraction of sp³-hybridized carbons (Fsp3) is 0.333. The Balaban J connectivity index is 1.95. The standard InChI is InChI=1S/C15H16BrNO2S/c1-2-17-15(11-8-14(16)20-9-11)10-3-4-12-13(7-10)19-6-5-18-12/h3-4,7-9,15,17H,2,5-6H2,1H3. The molecule has 0 amide bonds. The second kappa shape index (κ2) is 6.16. The van der Waals surface area contributed by atoms with Crippen molar-refractivity contribution in [3.63, 3.8) is 0 Å². The van der Waals surface area contributed by atoms with Crippen molar-refractivity contribution in [3.8, 4) is 11.5 Å². The first-order valence-corrected chi connectivity index (χ1v) is 8.32. The van der Waals surface area contributed by atoms with Crippen LogP contribution in [0.2, 0.25) is 0 Å². The van der Waals surface area contributed by atoms with Crippen molar-refractivity contribution in [2.24, 2.45) is 0 Å². The maximum Gasteiger partial charge on any atom is 0.161 e. The Morgan fingerprint density at radius 1 is 1.20 bits per heavy atom. The Morgan fingerprint density at radius 3 is 2.70 bits per heavy atom. The average molecular weight is 354 g/mol. The predicted octanol–water partition coefficient (Wildman–Crippen LogP) is 3.98. The summed E-state index contributed by atoms with van der Waals surface area (Å²) in [6, 6.07) is 8.52. The summed E-state index contributed by atoms with van der Waals surface area (Å²) in [6.45, 7) is 4.27. The van der Waals surface area contributed by atoms with Crippen LogP contribution in [-0.2, 0) is 0 Å². The largest absolute Gasteiger partial charge is 0.486 e. The third-order valence-corrected chi connectivity index (χ3v) is 4.75. The molecule has 0 saturated heterocycles. The van der Waals surface area contributed by atoms with Gasteiger partial charge < -0.3 is 14.8 Å². The number of halogens is 1. The number of fused-ring (bicyclic) bond motifs is 1. The van der Waals surface area contributed by atoms with E-state index in [4.69, 9.17) is 9.47 Å². The van der Waals surface area contributed by atoms with Crippen molar-refractivity contribution in [2.45, 2.75) is 13.0 Å². The van der Waals surface area contributed by atoms with Crippen molar-refractivity contribution >= 4 is 27.3 Å². The van der Waals surface area contributed by atoms with Gasteiger partial charge in [0.2, 0.25) is 0 Å². The van der Waals surface area contributed by atoms with E-state index in [-0.39, 0.29) is 6.04 Å². The van der Waals surface area contributed by atoms with E-state index in [2.05, 4.69) is 51.7 Å². The van der Waals surface area contributed by atoms with E-state index in [1.807, 2.05) is 6.07 Å². The van der Waals surface area contributed by atoms with Gasteiger partial charge in [-0.2, -0.15) is 0 Å². The van der Waals surface area contributed by atoms with Gasteiger partial charge in [0.15, 0.2) is 11.5 Å². The molecule has 0 radical (unpaired) electrons. The van der Waals surface area contributed by atoms with Crippen LogP contribution in [0.4, 0.5) is 0 Å². The molecule has 20 heavy (non-hydrogen) atoms. The SMILES string of the molecule is CCNC(c1csc(Br)c1)c1ccc2c(c1)OCCO2. The minimum Gasteiger partial charge on any atom is -0.486 e. The van der Waals surface area contributed by atoms with E-state index < -0.39 is 0 Å². The third-order valence-electron chi connectivity index (χ3n) is 3.23. The maximum absolute atomic E-state index is 5.67. The van der Waals surface area contributed by atoms with Crippen molar-refractivity contribution < 1.29 is 9.47 Å². The molecule has 2 aromatic rings. The van der Waals surface area contributed by atoms with Gasteiger partial charge in [0.05, 0.1) is 9.83 Å². The zero-order chi connectivity index (χ0) is 13.9. The molecule has 106 valence electrons. The fourth-order valence-electron chi connectivity index (χ4n) is 2.35. The maximum atomic E-state index is 5.67. The highest BCUT2D eigenvalue weighted by atomic mass is 79.9. The Hall–Kier alpha value is -1.04. The zero-order valence-corrected chi connectivity index (χ0v) is 13.6. The minimum absolute atomic E-state index is 0.179. The van der Waals surface area contributed by atoms with Crippen LogP contribution in [0.25, 0.3) is 0 Å². The van der Waals surface area contributed by atoms with Crippen LogP contribution < -0.4 is 14.8 Å². The number of ether oxygens (including phenoxy) is 2. The lowest BCUT2D eigenvalue weighted by atomic mass is 10.0. The van der Waals surface area contributed by atoms with Gasteiger partial charge >= 0.3 is 0 Å². The van der Waals surface area contributed by atoms with Crippen molar-refractivity contribution in [3.05, 3.63) is 44.6 Å². The Bertz CT molecular complexity index is 599. The van der Waals surface area contributed by atoms with Crippen LogP contribution in [0.15, 0.2) is 33.4 Å². The monoisotopic (exact) mass is 353 g/mol. The number of nitrogens with one attached hydrogen (secondary N) is 1. The topological polar surface area (TPSA) is 30.5 Å². The highest BCUT2D eigenvalue weighted by molar-refractivity contribution is 9.11. The number of hydrogen-bond acceptors (Lipinski definition) is 4. The van der Waals surface area contributed by atoms with E-state index in [0.29, 0.717) is 13.2 Å². The first-order chi connectivity index (χ1) is 9.78. The van der Waals surface area contributed by atoms with Crippen LogP contribution in [0.1, 0.15) is 24.1 Å². The summed E-state index contributed by atoms with van der Waals surface area (Å²) in [5.74, 6) is 1.67. The molecule has 1 unspecified atom stereocenters. The number of rotatable bonds is 4. The smallest absolute Gasteiger partial charge is 0.161 e. The molecule has 3 rings (SSSR count). The summed E-state index contributed by atoms with van der Waals surface area (Å²) in [6.07, 6.45) is 0. The van der Waals surface area contributed by atoms with Gasteiger partial charge in [-0.3, -0.25) is 0 Å². The Kier molecular flexibility index (Phi) is 4.29. The molecule has 0 spiro atoms. The van der Waals surface area contributed by atoms with Crippen molar-refractivity contribution in [1.82, 2.24) is 5.32 Å². The second-order valence-electron chi connectivity index (χ2n) is 4.58. The molecule has 2 heterocycles. The molecule has 1 atom stereocenters. The van der Waals surface area contributed by atoms with Gasteiger partial charge in [-0.05, 0) is 57.2 Å². The second-order valence-corrected chi connectivity index (χ2v) is 6.87. The molecule has 1 aromatic carbocycles. The third kappa shape index (κ3) is 2.85. The normalized spacial score (nSPS) is 15.1. The van der Waals surface area contributed by atoms with Gasteiger partial charge in [0, 0.05) is 0 Å². The molecule has 0 aliphatic carbocycles. The van der Waals surface area contributed by atoms with E-state index >= 15 is 0 Å². The molecule has 1 aromatic heterocycles. The molecule has 1 aliphatic heterocycles. The van der Waals surface area contributed by atoms with Gasteiger partial charge in [0.25, 0.3) is 0 Å². The summed E-state index contributed by atoms with van der Waals surface area (Å²) in [7, 11) is 0. The molecule has 0 fully saturated rings. The van der Waals surface area contributed by atoms with Crippen LogP contribution >= 0.6 is 27.3 Å². The Labute approximate surface area is 131 Å². The van der Waals surface area contributed by atoms with Crippen molar-refractivity contribution in [1.29, 1.82) is 0 Å². The summed E-state index contributed by atoms with van der Waals surface area (Å²) in [5, 5.41) is 5.70. The summed E-state index contributed by atoms with van der Waals surface area (Å²) < 4.78 is 12.4. The van der Waals surface area contributed by atoms with Gasteiger partial charge in [-0.1, -0.05) is 13.0 Å². The molecule has 0 saturated carbocycles. The summed E-state index contributed by atoms with van der Waals surface area (Å²) in [4.78, 5) is 0. The minimum atomic E-state index is 0.179. The lowest BCUT2D eigenvalue weighted by Crippen LogP contribution is -2.22. The molecular formula is C15H16BrNO2S. The first-order valence-electron chi connectivity index (χ1n) is 6.65. The predicted molar refractivity (Wildman–Crippen MR) is 85.0 cm³/mol. The zero-order valence-electron chi connectivity index (χ0n) is 11.2. The summed E-state index contributed by atoms with van der Waals surface area (Å²) in [5.41, 5.74) is 2.46. The van der Waals surface area contributed by atoms with Gasteiger partial charge in [-0.25, -0.2) is 0 Å². The molecule has 5 heteroatoms. The van der Waals surface area contributed by atoms with E-state index in [9.17, 15) is 0 Å². The fourth-order valence-corrected chi connectivity index (χ4v) is 3.55. The van der Waals surface area contributed by atoms with Crippen LogP contribution in [0, 0.1) is 0 Å². The van der Waals surface area contributed by atoms with E-state index in [1.54, 1.807) is 11.3 Å². The molecular weight excluding hydrogens is 338 g/mol.